The van der Waals surface area contributed by atoms with Crippen molar-refractivity contribution in [3.8, 4) is 0 Å². The summed E-state index contributed by atoms with van der Waals surface area (Å²) in [6.07, 6.45) is 7.48. The first-order valence-corrected chi connectivity index (χ1v) is 5.71. The van der Waals surface area contributed by atoms with E-state index >= 15 is 0 Å². The van der Waals surface area contributed by atoms with Crippen LogP contribution < -0.4 is 11.3 Å². The van der Waals surface area contributed by atoms with Crippen LogP contribution in [-0.2, 0) is 18.2 Å². The second-order valence-electron chi connectivity index (χ2n) is 4.54. The predicted octanol–water partition coefficient (Wildman–Crippen LogP) is 0.220. The molecule has 90 valence electrons. The van der Waals surface area contributed by atoms with E-state index in [9.17, 15) is 0 Å². The van der Waals surface area contributed by atoms with E-state index in [4.69, 9.17) is 10.6 Å². The molecule has 1 aromatic heterocycles. The monoisotopic (exact) mass is 224 g/mol. The standard InChI is InChI=1S/C11H20N4O/c1-15-7-8(6-13-15)5-10(14-12)11(16-2)9-3-4-9/h6-7,9-11,14H,3-5,12H2,1-2H3. The number of nitrogens with two attached hydrogens (primary N) is 1. The van der Waals surface area contributed by atoms with E-state index in [1.54, 1.807) is 7.11 Å². The highest BCUT2D eigenvalue weighted by atomic mass is 16.5. The summed E-state index contributed by atoms with van der Waals surface area (Å²) in [5, 5.41) is 4.16. The highest BCUT2D eigenvalue weighted by Gasteiger charge is 2.36. The second-order valence-corrected chi connectivity index (χ2v) is 4.54. The molecule has 1 saturated carbocycles. The Balaban J connectivity index is 1.98. The number of nitrogens with zero attached hydrogens (tertiary/aromatic N) is 2. The first-order valence-electron chi connectivity index (χ1n) is 5.71. The van der Waals surface area contributed by atoms with E-state index < -0.39 is 0 Å². The van der Waals surface area contributed by atoms with Crippen molar-refractivity contribution >= 4 is 0 Å². The minimum atomic E-state index is 0.168. The van der Waals surface area contributed by atoms with E-state index in [0.717, 1.165) is 6.42 Å². The van der Waals surface area contributed by atoms with Gasteiger partial charge in [-0.15, -0.1) is 0 Å². The molecule has 2 atom stereocenters. The van der Waals surface area contributed by atoms with Gasteiger partial charge in [0, 0.05) is 20.4 Å². The van der Waals surface area contributed by atoms with E-state index in [2.05, 4.69) is 10.5 Å². The summed E-state index contributed by atoms with van der Waals surface area (Å²) in [4.78, 5) is 0. The molecule has 5 heteroatoms. The van der Waals surface area contributed by atoms with Crippen LogP contribution in [0.2, 0.25) is 0 Å². The van der Waals surface area contributed by atoms with Crippen molar-refractivity contribution in [3.05, 3.63) is 18.0 Å². The maximum Gasteiger partial charge on any atom is 0.0769 e. The molecule has 0 aliphatic heterocycles. The van der Waals surface area contributed by atoms with Crippen molar-refractivity contribution < 1.29 is 4.74 Å². The summed E-state index contributed by atoms with van der Waals surface area (Å²) in [7, 11) is 3.68. The molecule has 1 fully saturated rings. The van der Waals surface area contributed by atoms with Crippen molar-refractivity contribution in [1.29, 1.82) is 0 Å². The van der Waals surface area contributed by atoms with Crippen LogP contribution >= 0.6 is 0 Å². The van der Waals surface area contributed by atoms with E-state index in [1.165, 1.54) is 18.4 Å². The Bertz CT molecular complexity index is 334. The third-order valence-electron chi connectivity index (χ3n) is 3.18. The average molecular weight is 224 g/mol. The molecule has 1 heterocycles. The minimum Gasteiger partial charge on any atom is -0.379 e. The Morgan fingerprint density at radius 2 is 2.44 bits per heavy atom. The molecule has 2 rings (SSSR count). The fraction of sp³-hybridized carbons (Fsp3) is 0.727. The summed E-state index contributed by atoms with van der Waals surface area (Å²) in [5.41, 5.74) is 4.06. The van der Waals surface area contributed by atoms with Gasteiger partial charge >= 0.3 is 0 Å². The van der Waals surface area contributed by atoms with E-state index in [-0.39, 0.29) is 12.1 Å². The number of ether oxygens (including phenoxy) is 1. The first-order chi connectivity index (χ1) is 7.74. The molecule has 0 radical (unpaired) electrons. The maximum atomic E-state index is 5.61. The fourth-order valence-corrected chi connectivity index (χ4v) is 2.21. The topological polar surface area (TPSA) is 65.1 Å². The fourth-order valence-electron chi connectivity index (χ4n) is 2.21. The Morgan fingerprint density at radius 1 is 1.69 bits per heavy atom. The van der Waals surface area contributed by atoms with Crippen molar-refractivity contribution in [3.63, 3.8) is 0 Å². The smallest absolute Gasteiger partial charge is 0.0769 e. The zero-order valence-corrected chi connectivity index (χ0v) is 9.89. The normalized spacial score (nSPS) is 19.7. The number of hydrogen-bond acceptors (Lipinski definition) is 4. The van der Waals surface area contributed by atoms with Gasteiger partial charge in [0.05, 0.1) is 18.3 Å². The van der Waals surface area contributed by atoms with Gasteiger partial charge in [0.1, 0.15) is 0 Å². The molecule has 1 aliphatic rings. The third kappa shape index (κ3) is 2.61. The van der Waals surface area contributed by atoms with Crippen LogP contribution in [0.25, 0.3) is 0 Å². The van der Waals surface area contributed by atoms with Crippen LogP contribution in [0.15, 0.2) is 12.4 Å². The molecule has 0 bridgehead atoms. The summed E-state index contributed by atoms with van der Waals surface area (Å²) in [5.74, 6) is 6.28. The molecule has 16 heavy (non-hydrogen) atoms. The summed E-state index contributed by atoms with van der Waals surface area (Å²) >= 11 is 0. The molecular weight excluding hydrogens is 204 g/mol. The lowest BCUT2D eigenvalue weighted by Gasteiger charge is -2.24. The van der Waals surface area contributed by atoms with Gasteiger partial charge in [-0.05, 0) is 30.7 Å². The summed E-state index contributed by atoms with van der Waals surface area (Å²) < 4.78 is 7.34. The molecule has 1 aromatic rings. The molecule has 0 spiro atoms. The van der Waals surface area contributed by atoms with Gasteiger partial charge in [-0.2, -0.15) is 5.10 Å². The lowest BCUT2D eigenvalue weighted by Crippen LogP contribution is -2.47. The van der Waals surface area contributed by atoms with Gasteiger partial charge in [-0.3, -0.25) is 16.0 Å². The summed E-state index contributed by atoms with van der Waals surface area (Å²) in [6, 6.07) is 0.168. The van der Waals surface area contributed by atoms with Crippen LogP contribution in [0.4, 0.5) is 0 Å². The van der Waals surface area contributed by atoms with Crippen LogP contribution in [0.3, 0.4) is 0 Å². The zero-order chi connectivity index (χ0) is 11.5. The number of aryl methyl sites for hydroxylation is 1. The Morgan fingerprint density at radius 3 is 2.88 bits per heavy atom. The van der Waals surface area contributed by atoms with Crippen molar-refractivity contribution in [2.24, 2.45) is 18.8 Å². The SMILES string of the molecule is COC(C1CC1)C(Cc1cnn(C)c1)NN. The number of aromatic nitrogens is 2. The maximum absolute atomic E-state index is 5.61. The number of methoxy groups -OCH3 is 1. The predicted molar refractivity (Wildman–Crippen MR) is 61.5 cm³/mol. The second kappa shape index (κ2) is 4.95. The number of rotatable bonds is 6. The lowest BCUT2D eigenvalue weighted by molar-refractivity contribution is 0.0511. The largest absolute Gasteiger partial charge is 0.379 e. The molecular formula is C11H20N4O. The Labute approximate surface area is 95.9 Å². The first kappa shape index (κ1) is 11.6. The lowest BCUT2D eigenvalue weighted by atomic mass is 10.0. The van der Waals surface area contributed by atoms with Gasteiger partial charge in [0.25, 0.3) is 0 Å². The van der Waals surface area contributed by atoms with Gasteiger partial charge in [-0.25, -0.2) is 0 Å². The third-order valence-corrected chi connectivity index (χ3v) is 3.18. The van der Waals surface area contributed by atoms with Crippen LogP contribution in [0.5, 0.6) is 0 Å². The highest BCUT2D eigenvalue weighted by Crippen LogP contribution is 2.36. The summed E-state index contributed by atoms with van der Waals surface area (Å²) in [6.45, 7) is 0. The van der Waals surface area contributed by atoms with E-state index in [0.29, 0.717) is 5.92 Å². The molecule has 0 amide bonds. The van der Waals surface area contributed by atoms with Crippen molar-refractivity contribution in [1.82, 2.24) is 15.2 Å². The van der Waals surface area contributed by atoms with Gasteiger partial charge in [-0.1, -0.05) is 0 Å². The molecule has 3 N–H and O–H groups in total. The van der Waals surface area contributed by atoms with Gasteiger partial charge < -0.3 is 4.74 Å². The zero-order valence-electron chi connectivity index (χ0n) is 9.89. The van der Waals surface area contributed by atoms with Crippen LogP contribution in [0, 0.1) is 5.92 Å². The molecule has 0 aromatic carbocycles. The number of hydrazine groups is 1. The number of nitrogens with one attached hydrogen (secondary N) is 1. The minimum absolute atomic E-state index is 0.168. The van der Waals surface area contributed by atoms with E-state index in [1.807, 2.05) is 24.1 Å². The van der Waals surface area contributed by atoms with Gasteiger partial charge in [0.2, 0.25) is 0 Å². The molecule has 5 nitrogen and oxygen atoms in total. The van der Waals surface area contributed by atoms with Crippen LogP contribution in [0.1, 0.15) is 18.4 Å². The average Bonchev–Trinajstić information content (AvgIpc) is 3.02. The quantitative estimate of drug-likeness (QED) is 0.536. The van der Waals surface area contributed by atoms with Gasteiger partial charge in [0.15, 0.2) is 0 Å². The highest BCUT2D eigenvalue weighted by molar-refractivity contribution is 5.07. The van der Waals surface area contributed by atoms with Crippen molar-refractivity contribution in [2.75, 3.05) is 7.11 Å². The molecule has 0 saturated heterocycles. The van der Waals surface area contributed by atoms with Crippen LogP contribution in [-0.4, -0.2) is 29.0 Å². The Kier molecular flexibility index (Phi) is 3.58. The Hall–Kier alpha value is -0.910. The number of hydrogen-bond donors (Lipinski definition) is 2. The molecule has 1 aliphatic carbocycles. The molecule has 2 unspecified atom stereocenters. The van der Waals surface area contributed by atoms with Crippen molar-refractivity contribution in [2.45, 2.75) is 31.4 Å².